The van der Waals surface area contributed by atoms with E-state index in [1.54, 1.807) is 38.1 Å². The molecule has 0 radical (unpaired) electrons. The highest BCUT2D eigenvalue weighted by molar-refractivity contribution is 7.92. The van der Waals surface area contributed by atoms with Gasteiger partial charge in [-0.1, -0.05) is 55.3 Å². The number of carbonyl (C=O) groups is 2. The van der Waals surface area contributed by atoms with Crippen molar-refractivity contribution in [1.82, 2.24) is 10.2 Å². The predicted octanol–water partition coefficient (Wildman–Crippen LogP) is 6.20. The first-order valence-corrected chi connectivity index (χ1v) is 15.7. The molecular formula is C31H35ClF3N3O5S. The number of rotatable bonds is 13. The summed E-state index contributed by atoms with van der Waals surface area (Å²) >= 11 is 5.82. The molecule has 0 fully saturated rings. The summed E-state index contributed by atoms with van der Waals surface area (Å²) in [6, 6.07) is 14.1. The summed E-state index contributed by atoms with van der Waals surface area (Å²) in [5.74, 6) is -0.661. The number of carbonyl (C=O) groups excluding carboxylic acids is 2. The third-order valence-corrected chi connectivity index (χ3v) is 9.00. The second-order valence-corrected chi connectivity index (χ2v) is 12.3. The Hall–Kier alpha value is -3.77. The van der Waals surface area contributed by atoms with E-state index in [2.05, 4.69) is 5.32 Å². The molecule has 1 atom stereocenters. The molecule has 1 N–H and O–H groups in total. The Morgan fingerprint density at radius 1 is 1.00 bits per heavy atom. The van der Waals surface area contributed by atoms with Crippen LogP contribution in [-0.2, 0) is 32.3 Å². The number of benzene rings is 3. The van der Waals surface area contributed by atoms with Crippen molar-refractivity contribution in [2.75, 3.05) is 24.5 Å². The number of ether oxygens (including phenoxy) is 1. The highest BCUT2D eigenvalue weighted by Gasteiger charge is 2.37. The molecule has 13 heteroatoms. The number of methoxy groups -OCH3 is 1. The van der Waals surface area contributed by atoms with Gasteiger partial charge in [-0.3, -0.25) is 13.9 Å². The zero-order chi connectivity index (χ0) is 32.7. The number of hydrogen-bond donors (Lipinski definition) is 1. The molecule has 3 aromatic rings. The monoisotopic (exact) mass is 653 g/mol. The van der Waals surface area contributed by atoms with Crippen LogP contribution in [0.4, 0.5) is 18.9 Å². The van der Waals surface area contributed by atoms with E-state index in [9.17, 15) is 31.2 Å². The number of halogens is 4. The molecule has 8 nitrogen and oxygen atoms in total. The van der Waals surface area contributed by atoms with Gasteiger partial charge in [0.05, 0.1) is 28.3 Å². The first-order chi connectivity index (χ1) is 20.7. The van der Waals surface area contributed by atoms with Gasteiger partial charge in [0.2, 0.25) is 11.8 Å². The number of anilines is 1. The Labute approximate surface area is 260 Å². The predicted molar refractivity (Wildman–Crippen MR) is 163 cm³/mol. The molecule has 0 aliphatic carbocycles. The minimum Gasteiger partial charge on any atom is -0.497 e. The molecule has 2 amide bonds. The van der Waals surface area contributed by atoms with Gasteiger partial charge < -0.3 is 15.0 Å². The molecule has 44 heavy (non-hydrogen) atoms. The lowest BCUT2D eigenvalue weighted by Crippen LogP contribution is -2.52. The number of nitrogens with one attached hydrogen (secondary N) is 1. The zero-order valence-electron chi connectivity index (χ0n) is 24.8. The van der Waals surface area contributed by atoms with Crippen molar-refractivity contribution < 1.29 is 35.9 Å². The van der Waals surface area contributed by atoms with E-state index in [1.807, 2.05) is 6.92 Å². The van der Waals surface area contributed by atoms with E-state index in [-0.39, 0.29) is 17.9 Å². The lowest BCUT2D eigenvalue weighted by molar-refractivity contribution is -0.140. The van der Waals surface area contributed by atoms with Gasteiger partial charge in [-0.25, -0.2) is 8.42 Å². The standard InChI is InChI=1S/C31H35ClF3N3O5S/c1-5-17-36-30(40)28(6-2)37(19-22-9-12-24(43-4)13-10-22)29(39)20-38(44(41,42)25-14-7-21(3)8-15-25)23-11-16-27(32)26(18-23)31(33,34)35/h7-16,18,28H,5-6,17,19-20H2,1-4H3,(H,36,40). The van der Waals surface area contributed by atoms with Gasteiger partial charge in [0.25, 0.3) is 10.0 Å². The molecule has 3 aromatic carbocycles. The number of nitrogens with zero attached hydrogens (tertiary/aromatic N) is 2. The van der Waals surface area contributed by atoms with Gasteiger partial charge in [0, 0.05) is 13.1 Å². The van der Waals surface area contributed by atoms with Gasteiger partial charge >= 0.3 is 6.18 Å². The Balaban J connectivity index is 2.13. The lowest BCUT2D eigenvalue weighted by Gasteiger charge is -2.33. The van der Waals surface area contributed by atoms with E-state index in [0.29, 0.717) is 34.7 Å². The van der Waals surface area contributed by atoms with Crippen LogP contribution in [0.2, 0.25) is 5.02 Å². The number of aryl methyl sites for hydroxylation is 1. The second kappa shape index (κ2) is 14.8. The SMILES string of the molecule is CCCNC(=O)C(CC)N(Cc1ccc(OC)cc1)C(=O)CN(c1ccc(Cl)c(C(F)(F)F)c1)S(=O)(=O)c1ccc(C)cc1. The summed E-state index contributed by atoms with van der Waals surface area (Å²) in [5.41, 5.74) is -0.288. The fourth-order valence-corrected chi connectivity index (χ4v) is 6.10. The van der Waals surface area contributed by atoms with Gasteiger partial charge in [-0.2, -0.15) is 13.2 Å². The van der Waals surface area contributed by atoms with E-state index in [1.165, 1.54) is 36.3 Å². The fraction of sp³-hybridized carbons (Fsp3) is 0.355. The van der Waals surface area contributed by atoms with Crippen LogP contribution in [0, 0.1) is 6.92 Å². The molecule has 0 aliphatic heterocycles. The minimum absolute atomic E-state index is 0.0757. The van der Waals surface area contributed by atoms with Crippen molar-refractivity contribution >= 4 is 39.1 Å². The van der Waals surface area contributed by atoms with Crippen molar-refractivity contribution in [3.63, 3.8) is 0 Å². The topological polar surface area (TPSA) is 96.0 Å². The minimum atomic E-state index is -4.89. The fourth-order valence-electron chi connectivity index (χ4n) is 4.46. The van der Waals surface area contributed by atoms with Crippen molar-refractivity contribution in [2.24, 2.45) is 0 Å². The Morgan fingerprint density at radius 3 is 2.18 bits per heavy atom. The van der Waals surface area contributed by atoms with Crippen LogP contribution in [0.1, 0.15) is 43.4 Å². The van der Waals surface area contributed by atoms with Gasteiger partial charge in [-0.15, -0.1) is 0 Å². The molecule has 0 saturated carbocycles. The maximum atomic E-state index is 14.1. The van der Waals surface area contributed by atoms with E-state index in [4.69, 9.17) is 16.3 Å². The second-order valence-electron chi connectivity index (χ2n) is 10.1. The molecule has 3 rings (SSSR count). The third kappa shape index (κ3) is 8.44. The summed E-state index contributed by atoms with van der Waals surface area (Å²) in [5, 5.41) is 2.15. The van der Waals surface area contributed by atoms with E-state index < -0.39 is 56.9 Å². The largest absolute Gasteiger partial charge is 0.497 e. The van der Waals surface area contributed by atoms with Crippen LogP contribution in [0.25, 0.3) is 0 Å². The Morgan fingerprint density at radius 2 is 1.64 bits per heavy atom. The molecule has 0 spiro atoms. The van der Waals surface area contributed by atoms with Crippen molar-refractivity contribution in [2.45, 2.75) is 57.3 Å². The van der Waals surface area contributed by atoms with Gasteiger partial charge in [-0.05, 0) is 67.8 Å². The molecule has 0 aromatic heterocycles. The van der Waals surface area contributed by atoms with Crippen molar-refractivity contribution in [3.8, 4) is 5.75 Å². The molecular weight excluding hydrogens is 619 g/mol. The zero-order valence-corrected chi connectivity index (χ0v) is 26.4. The molecule has 0 aliphatic rings. The van der Waals surface area contributed by atoms with Crippen LogP contribution in [0.5, 0.6) is 5.75 Å². The molecule has 1 unspecified atom stereocenters. The molecule has 0 saturated heterocycles. The highest BCUT2D eigenvalue weighted by atomic mass is 35.5. The first-order valence-electron chi connectivity index (χ1n) is 13.9. The van der Waals surface area contributed by atoms with Crippen molar-refractivity contribution in [1.29, 1.82) is 0 Å². The summed E-state index contributed by atoms with van der Waals surface area (Å²) in [6.45, 7) is 4.73. The Kier molecular flexibility index (Phi) is 11.7. The number of amides is 2. The summed E-state index contributed by atoms with van der Waals surface area (Å²) in [6.07, 6.45) is -4.04. The molecule has 0 heterocycles. The van der Waals surface area contributed by atoms with Gasteiger partial charge in [0.15, 0.2) is 0 Å². The number of hydrogen-bond acceptors (Lipinski definition) is 5. The van der Waals surface area contributed by atoms with E-state index >= 15 is 0 Å². The highest BCUT2D eigenvalue weighted by Crippen LogP contribution is 2.38. The maximum Gasteiger partial charge on any atom is 0.417 e. The van der Waals surface area contributed by atoms with Crippen LogP contribution in [0.15, 0.2) is 71.6 Å². The average Bonchev–Trinajstić information content (AvgIpc) is 2.98. The summed E-state index contributed by atoms with van der Waals surface area (Å²) in [4.78, 5) is 28.3. The van der Waals surface area contributed by atoms with Crippen LogP contribution in [0.3, 0.4) is 0 Å². The van der Waals surface area contributed by atoms with Crippen LogP contribution < -0.4 is 14.4 Å². The van der Waals surface area contributed by atoms with Crippen LogP contribution in [-0.4, -0.2) is 51.4 Å². The number of sulfonamides is 1. The first kappa shape index (κ1) is 34.7. The van der Waals surface area contributed by atoms with Gasteiger partial charge in [0.1, 0.15) is 18.3 Å². The Bertz CT molecular complexity index is 1550. The van der Waals surface area contributed by atoms with Crippen LogP contribution >= 0.6 is 11.6 Å². The smallest absolute Gasteiger partial charge is 0.417 e. The lowest BCUT2D eigenvalue weighted by atomic mass is 10.1. The normalized spacial score (nSPS) is 12.4. The van der Waals surface area contributed by atoms with Crippen molar-refractivity contribution in [3.05, 3.63) is 88.4 Å². The summed E-state index contributed by atoms with van der Waals surface area (Å²) in [7, 11) is -3.06. The molecule has 0 bridgehead atoms. The average molecular weight is 654 g/mol. The quantitative estimate of drug-likeness (QED) is 0.237. The molecule has 238 valence electrons. The number of alkyl halides is 3. The van der Waals surface area contributed by atoms with E-state index in [0.717, 1.165) is 17.7 Å². The maximum absolute atomic E-state index is 14.1. The third-order valence-electron chi connectivity index (χ3n) is 6.88. The summed E-state index contributed by atoms with van der Waals surface area (Å²) < 4.78 is 75.1.